The summed E-state index contributed by atoms with van der Waals surface area (Å²) in [6, 6.07) is 1.59. The van der Waals surface area contributed by atoms with Gasteiger partial charge in [-0.2, -0.15) is 0 Å². The van der Waals surface area contributed by atoms with E-state index in [9.17, 15) is 9.59 Å². The molecule has 0 aliphatic carbocycles. The van der Waals surface area contributed by atoms with Crippen molar-refractivity contribution in [3.05, 3.63) is 34.2 Å². The molecular formula is C12H17N3O2. The number of nitrogens with zero attached hydrogens (tertiary/aromatic N) is 1. The third-order valence-electron chi connectivity index (χ3n) is 3.12. The molecule has 2 N–H and O–H groups in total. The molecule has 92 valence electrons. The lowest BCUT2D eigenvalue weighted by molar-refractivity contribution is 0.0542. The average Bonchev–Trinajstić information content (AvgIpc) is 2.29. The molecule has 1 aliphatic heterocycles. The number of hydrogen-bond acceptors (Lipinski definition) is 3. The highest BCUT2D eigenvalue weighted by Gasteiger charge is 2.30. The fraction of sp³-hybridized carbons (Fsp3) is 0.500. The number of hydrogen-bond donors (Lipinski definition) is 2. The van der Waals surface area contributed by atoms with Crippen molar-refractivity contribution >= 4 is 5.91 Å². The van der Waals surface area contributed by atoms with Gasteiger partial charge in [0.15, 0.2) is 5.43 Å². The predicted molar refractivity (Wildman–Crippen MR) is 65.0 cm³/mol. The third-order valence-corrected chi connectivity index (χ3v) is 3.12. The average molecular weight is 235 g/mol. The highest BCUT2D eigenvalue weighted by atomic mass is 16.2. The number of amides is 1. The highest BCUT2D eigenvalue weighted by molar-refractivity contribution is 5.94. The van der Waals surface area contributed by atoms with Crippen LogP contribution < -0.4 is 10.7 Å². The van der Waals surface area contributed by atoms with E-state index in [1.807, 2.05) is 13.8 Å². The minimum Gasteiger partial charge on any atom is -0.367 e. The Labute approximate surface area is 99.8 Å². The van der Waals surface area contributed by atoms with E-state index < -0.39 is 0 Å². The smallest absolute Gasteiger partial charge is 0.259 e. The number of carbonyl (C=O) groups is 1. The van der Waals surface area contributed by atoms with Crippen LogP contribution >= 0.6 is 0 Å². The topological polar surface area (TPSA) is 65.2 Å². The Morgan fingerprint density at radius 1 is 1.35 bits per heavy atom. The molecule has 0 bridgehead atoms. The molecule has 1 fully saturated rings. The minimum absolute atomic E-state index is 0.103. The molecule has 0 spiro atoms. The summed E-state index contributed by atoms with van der Waals surface area (Å²) in [5.74, 6) is -0.187. The maximum atomic E-state index is 12.3. The van der Waals surface area contributed by atoms with Crippen molar-refractivity contribution in [1.29, 1.82) is 0 Å². The van der Waals surface area contributed by atoms with Crippen molar-refractivity contribution < 1.29 is 4.79 Å². The van der Waals surface area contributed by atoms with Crippen molar-refractivity contribution in [3.63, 3.8) is 0 Å². The molecule has 0 radical (unpaired) electrons. The van der Waals surface area contributed by atoms with Gasteiger partial charge in [0.05, 0.1) is 0 Å². The Morgan fingerprint density at radius 2 is 2.00 bits per heavy atom. The van der Waals surface area contributed by atoms with E-state index in [4.69, 9.17) is 0 Å². The summed E-state index contributed by atoms with van der Waals surface area (Å²) in [4.78, 5) is 28.5. The van der Waals surface area contributed by atoms with Gasteiger partial charge < -0.3 is 15.2 Å². The van der Waals surface area contributed by atoms with E-state index in [-0.39, 0.29) is 29.0 Å². The maximum absolute atomic E-state index is 12.3. The number of aromatic amines is 1. The molecule has 1 saturated heterocycles. The van der Waals surface area contributed by atoms with Gasteiger partial charge in [-0.15, -0.1) is 0 Å². The monoisotopic (exact) mass is 235 g/mol. The van der Waals surface area contributed by atoms with Crippen molar-refractivity contribution in [3.8, 4) is 0 Å². The summed E-state index contributed by atoms with van der Waals surface area (Å²) in [6.07, 6.45) is 3.01. The molecule has 1 aromatic rings. The summed E-state index contributed by atoms with van der Waals surface area (Å²) in [5.41, 5.74) is -0.0141. The summed E-state index contributed by atoms with van der Waals surface area (Å²) in [6.45, 7) is 5.50. The number of H-pyrrole nitrogens is 1. The molecule has 0 aromatic carbocycles. The Morgan fingerprint density at radius 3 is 2.59 bits per heavy atom. The van der Waals surface area contributed by atoms with Crippen LogP contribution in [-0.2, 0) is 0 Å². The summed E-state index contributed by atoms with van der Waals surface area (Å²) in [7, 11) is 0. The van der Waals surface area contributed by atoms with Crippen LogP contribution in [0.5, 0.6) is 0 Å². The first-order valence-corrected chi connectivity index (χ1v) is 5.81. The molecule has 2 unspecified atom stereocenters. The Hall–Kier alpha value is -1.62. The molecule has 1 aliphatic rings. The largest absolute Gasteiger partial charge is 0.367 e. The number of pyridine rings is 1. The summed E-state index contributed by atoms with van der Waals surface area (Å²) >= 11 is 0. The van der Waals surface area contributed by atoms with E-state index >= 15 is 0 Å². The Bertz CT molecular complexity index is 459. The van der Waals surface area contributed by atoms with Crippen LogP contribution in [0, 0.1) is 0 Å². The van der Waals surface area contributed by atoms with E-state index in [0.29, 0.717) is 0 Å². The van der Waals surface area contributed by atoms with E-state index in [0.717, 1.165) is 13.1 Å². The summed E-state index contributed by atoms with van der Waals surface area (Å²) in [5, 5.41) is 3.26. The molecule has 2 rings (SSSR count). The predicted octanol–water partition coefficient (Wildman–Crippen LogP) is 0.197. The zero-order valence-electron chi connectivity index (χ0n) is 10.1. The van der Waals surface area contributed by atoms with Gasteiger partial charge in [-0.05, 0) is 13.8 Å². The van der Waals surface area contributed by atoms with Crippen LogP contribution in [-0.4, -0.2) is 41.0 Å². The van der Waals surface area contributed by atoms with Crippen molar-refractivity contribution in [2.45, 2.75) is 25.9 Å². The number of aromatic nitrogens is 1. The van der Waals surface area contributed by atoms with Gasteiger partial charge >= 0.3 is 0 Å². The SMILES string of the molecule is CC1CNCC(C)N1C(=O)c1c[nH]ccc1=O. The molecule has 0 saturated carbocycles. The standard InChI is InChI=1S/C12H17N3O2/c1-8-5-14-6-9(2)15(8)12(17)10-7-13-4-3-11(10)16/h3-4,7-9,14H,5-6H2,1-2H3,(H,13,16). The van der Waals surface area contributed by atoms with Gasteiger partial charge in [0.1, 0.15) is 5.56 Å². The van der Waals surface area contributed by atoms with Crippen molar-refractivity contribution in [2.75, 3.05) is 13.1 Å². The van der Waals surface area contributed by atoms with E-state index in [1.54, 1.807) is 4.90 Å². The first-order chi connectivity index (χ1) is 8.11. The molecule has 2 heterocycles. The molecule has 5 nitrogen and oxygen atoms in total. The van der Waals surface area contributed by atoms with Crippen LogP contribution in [0.25, 0.3) is 0 Å². The fourth-order valence-electron chi connectivity index (χ4n) is 2.25. The van der Waals surface area contributed by atoms with Crippen LogP contribution in [0.4, 0.5) is 0 Å². The minimum atomic E-state index is -0.230. The fourth-order valence-corrected chi connectivity index (χ4v) is 2.25. The van der Waals surface area contributed by atoms with Gasteiger partial charge in [-0.25, -0.2) is 0 Å². The Balaban J connectivity index is 2.31. The lowest BCUT2D eigenvalue weighted by Crippen LogP contribution is -2.57. The lowest BCUT2D eigenvalue weighted by atomic mass is 10.1. The van der Waals surface area contributed by atoms with Crippen molar-refractivity contribution in [2.24, 2.45) is 0 Å². The van der Waals surface area contributed by atoms with Gasteiger partial charge in [-0.3, -0.25) is 9.59 Å². The Kier molecular flexibility index (Phi) is 3.28. The van der Waals surface area contributed by atoms with Gasteiger partial charge in [0, 0.05) is 43.6 Å². The molecule has 1 aromatic heterocycles. The van der Waals surface area contributed by atoms with Crippen LogP contribution in [0.1, 0.15) is 24.2 Å². The quantitative estimate of drug-likeness (QED) is 0.730. The third kappa shape index (κ3) is 2.24. The van der Waals surface area contributed by atoms with E-state index in [1.165, 1.54) is 18.5 Å². The normalized spacial score (nSPS) is 24.7. The first kappa shape index (κ1) is 11.9. The summed E-state index contributed by atoms with van der Waals surface area (Å²) < 4.78 is 0. The molecular weight excluding hydrogens is 218 g/mol. The zero-order chi connectivity index (χ0) is 12.4. The van der Waals surface area contributed by atoms with Crippen molar-refractivity contribution in [1.82, 2.24) is 15.2 Å². The number of nitrogens with one attached hydrogen (secondary N) is 2. The molecule has 5 heteroatoms. The number of carbonyl (C=O) groups excluding carboxylic acids is 1. The molecule has 2 atom stereocenters. The molecule has 1 amide bonds. The van der Waals surface area contributed by atoms with E-state index in [2.05, 4.69) is 10.3 Å². The van der Waals surface area contributed by atoms with Crippen LogP contribution in [0.2, 0.25) is 0 Å². The second-order valence-electron chi connectivity index (χ2n) is 4.49. The zero-order valence-corrected chi connectivity index (χ0v) is 10.1. The highest BCUT2D eigenvalue weighted by Crippen LogP contribution is 2.12. The number of rotatable bonds is 1. The first-order valence-electron chi connectivity index (χ1n) is 5.81. The lowest BCUT2D eigenvalue weighted by Gasteiger charge is -2.39. The second kappa shape index (κ2) is 4.71. The van der Waals surface area contributed by atoms with Gasteiger partial charge in [0.2, 0.25) is 0 Å². The molecule has 17 heavy (non-hydrogen) atoms. The number of piperazine rings is 1. The maximum Gasteiger partial charge on any atom is 0.259 e. The van der Waals surface area contributed by atoms with Crippen LogP contribution in [0.3, 0.4) is 0 Å². The van der Waals surface area contributed by atoms with Gasteiger partial charge in [-0.1, -0.05) is 0 Å². The second-order valence-corrected chi connectivity index (χ2v) is 4.49. The van der Waals surface area contributed by atoms with Crippen LogP contribution in [0.15, 0.2) is 23.3 Å². The van der Waals surface area contributed by atoms with Gasteiger partial charge in [0.25, 0.3) is 5.91 Å².